The summed E-state index contributed by atoms with van der Waals surface area (Å²) in [6, 6.07) is 0. The van der Waals surface area contributed by atoms with Gasteiger partial charge in [0, 0.05) is 0 Å². The first-order valence-corrected chi connectivity index (χ1v) is 6.49. The van der Waals surface area contributed by atoms with E-state index in [2.05, 4.69) is 20.1 Å². The predicted molar refractivity (Wildman–Crippen MR) is 71.7 cm³/mol. The second kappa shape index (κ2) is 5.36. The Morgan fingerprint density at radius 2 is 2.06 bits per heavy atom. The molecule has 1 aliphatic rings. The van der Waals surface area contributed by atoms with E-state index in [1.165, 1.54) is 0 Å². The largest absolute Gasteiger partial charge is 0.390 e. The molecule has 2 nitrogen and oxygen atoms in total. The van der Waals surface area contributed by atoms with Crippen molar-refractivity contribution in [3.05, 3.63) is 24.3 Å². The van der Waals surface area contributed by atoms with Crippen molar-refractivity contribution in [3.63, 3.8) is 0 Å². The molecule has 0 heterocycles. The van der Waals surface area contributed by atoms with Crippen molar-refractivity contribution in [2.24, 2.45) is 11.8 Å². The van der Waals surface area contributed by atoms with Crippen molar-refractivity contribution in [2.75, 3.05) is 0 Å². The number of rotatable bonds is 5. The molecule has 4 atom stereocenters. The number of hydrogen-bond donors (Lipinski definition) is 2. The van der Waals surface area contributed by atoms with E-state index < -0.39 is 11.7 Å². The molecule has 1 rings (SSSR count). The van der Waals surface area contributed by atoms with Crippen molar-refractivity contribution < 1.29 is 10.2 Å². The fourth-order valence-corrected chi connectivity index (χ4v) is 2.67. The highest BCUT2D eigenvalue weighted by Crippen LogP contribution is 2.44. The third kappa shape index (κ3) is 3.43. The quantitative estimate of drug-likeness (QED) is 0.723. The average molecular weight is 238 g/mol. The lowest BCUT2D eigenvalue weighted by atomic mass is 9.83. The molecule has 0 aliphatic heterocycles. The van der Waals surface area contributed by atoms with Crippen LogP contribution in [0.25, 0.3) is 0 Å². The summed E-state index contributed by atoms with van der Waals surface area (Å²) in [5.74, 6) is 0.652. The lowest BCUT2D eigenvalue weighted by molar-refractivity contribution is 0.0213. The Bertz CT molecular complexity index is 304. The second-order valence-corrected chi connectivity index (χ2v) is 5.85. The zero-order chi connectivity index (χ0) is 13.2. The van der Waals surface area contributed by atoms with Crippen LogP contribution >= 0.6 is 0 Å². The summed E-state index contributed by atoms with van der Waals surface area (Å²) in [7, 11) is 0. The first-order chi connectivity index (χ1) is 7.75. The van der Waals surface area contributed by atoms with Gasteiger partial charge >= 0.3 is 0 Å². The normalized spacial score (nSPS) is 34.6. The lowest BCUT2D eigenvalue weighted by Crippen LogP contribution is -2.29. The molecule has 0 aromatic rings. The number of allylic oxidation sites excluding steroid dienone is 1. The molecule has 0 radical (unpaired) electrons. The van der Waals surface area contributed by atoms with Crippen LogP contribution in [0.3, 0.4) is 0 Å². The molecular formula is C15H26O2. The van der Waals surface area contributed by atoms with Gasteiger partial charge in [-0.2, -0.15) is 0 Å². The van der Waals surface area contributed by atoms with Crippen molar-refractivity contribution in [1.29, 1.82) is 0 Å². The Labute approximate surface area is 105 Å². The van der Waals surface area contributed by atoms with Gasteiger partial charge in [-0.15, -0.1) is 0 Å². The summed E-state index contributed by atoms with van der Waals surface area (Å²) >= 11 is 0. The molecule has 1 saturated carbocycles. The maximum Gasteiger partial charge on any atom is 0.0747 e. The smallest absolute Gasteiger partial charge is 0.0747 e. The Kier molecular flexibility index (Phi) is 4.56. The average Bonchev–Trinajstić information content (AvgIpc) is 2.50. The number of aliphatic hydroxyl groups excluding tert-OH is 1. The van der Waals surface area contributed by atoms with Crippen molar-refractivity contribution in [3.8, 4) is 0 Å². The summed E-state index contributed by atoms with van der Waals surface area (Å²) in [5.41, 5.74) is 1.42. The van der Waals surface area contributed by atoms with Crippen LogP contribution in [0.1, 0.15) is 46.5 Å². The Morgan fingerprint density at radius 1 is 1.47 bits per heavy atom. The van der Waals surface area contributed by atoms with Crippen molar-refractivity contribution in [1.82, 2.24) is 0 Å². The predicted octanol–water partition coefficient (Wildman–Crippen LogP) is 3.06. The van der Waals surface area contributed by atoms with E-state index in [0.29, 0.717) is 12.3 Å². The molecular weight excluding hydrogens is 212 g/mol. The van der Waals surface area contributed by atoms with Crippen LogP contribution < -0.4 is 0 Å². The van der Waals surface area contributed by atoms with Gasteiger partial charge in [0.15, 0.2) is 0 Å². The number of aliphatic hydroxyl groups is 2. The van der Waals surface area contributed by atoms with Crippen LogP contribution in [-0.2, 0) is 0 Å². The monoisotopic (exact) mass is 238 g/mol. The summed E-state index contributed by atoms with van der Waals surface area (Å²) in [4.78, 5) is 0. The Balaban J connectivity index is 2.47. The highest BCUT2D eigenvalue weighted by Gasteiger charge is 2.41. The van der Waals surface area contributed by atoms with Crippen molar-refractivity contribution in [2.45, 2.75) is 58.2 Å². The molecule has 0 amide bonds. The van der Waals surface area contributed by atoms with E-state index in [0.717, 1.165) is 30.4 Å². The summed E-state index contributed by atoms with van der Waals surface area (Å²) in [6.45, 7) is 13.7. The highest BCUT2D eigenvalue weighted by molar-refractivity contribution is 5.10. The molecule has 0 saturated heterocycles. The highest BCUT2D eigenvalue weighted by atomic mass is 16.3. The molecule has 98 valence electrons. The zero-order valence-corrected chi connectivity index (χ0v) is 11.4. The minimum Gasteiger partial charge on any atom is -0.390 e. The van der Waals surface area contributed by atoms with Gasteiger partial charge in [0.25, 0.3) is 0 Å². The minimum absolute atomic E-state index is 0.261. The van der Waals surface area contributed by atoms with Gasteiger partial charge in [-0.1, -0.05) is 31.2 Å². The van der Waals surface area contributed by atoms with E-state index in [9.17, 15) is 10.2 Å². The lowest BCUT2D eigenvalue weighted by Gasteiger charge is -2.27. The number of hydrogen-bond acceptors (Lipinski definition) is 2. The van der Waals surface area contributed by atoms with E-state index in [1.54, 1.807) is 0 Å². The van der Waals surface area contributed by atoms with Crippen LogP contribution in [0.15, 0.2) is 24.3 Å². The standard InChI is InChI=1S/C15H26O2/c1-10(2)14(16)7-6-11(3)13-8-9-15(5,17)12(13)4/h12-14,16-17H,1,3,6-9H2,2,4-5H3/t12-,13-,14-,15+/m1/s1. The van der Waals surface area contributed by atoms with Crippen molar-refractivity contribution >= 4 is 0 Å². The van der Waals surface area contributed by atoms with Gasteiger partial charge < -0.3 is 10.2 Å². The van der Waals surface area contributed by atoms with Gasteiger partial charge in [0.1, 0.15) is 0 Å². The molecule has 0 spiro atoms. The van der Waals surface area contributed by atoms with Crippen LogP contribution in [0.2, 0.25) is 0 Å². The maximum absolute atomic E-state index is 10.1. The first kappa shape index (κ1) is 14.5. The van der Waals surface area contributed by atoms with E-state index in [1.807, 2.05) is 13.8 Å². The third-order valence-electron chi connectivity index (χ3n) is 4.38. The molecule has 0 unspecified atom stereocenters. The maximum atomic E-state index is 10.1. The van der Waals surface area contributed by atoms with Gasteiger partial charge in [-0.05, 0) is 51.4 Å². The first-order valence-electron chi connectivity index (χ1n) is 6.49. The van der Waals surface area contributed by atoms with E-state index in [-0.39, 0.29) is 5.92 Å². The zero-order valence-electron chi connectivity index (χ0n) is 11.4. The van der Waals surface area contributed by atoms with Crippen LogP contribution in [-0.4, -0.2) is 21.9 Å². The Morgan fingerprint density at radius 3 is 2.47 bits per heavy atom. The molecule has 0 bridgehead atoms. The van der Waals surface area contributed by atoms with Gasteiger partial charge in [0.05, 0.1) is 11.7 Å². The fraction of sp³-hybridized carbons (Fsp3) is 0.733. The second-order valence-electron chi connectivity index (χ2n) is 5.85. The molecule has 17 heavy (non-hydrogen) atoms. The van der Waals surface area contributed by atoms with Crippen LogP contribution in [0, 0.1) is 11.8 Å². The van der Waals surface area contributed by atoms with Crippen LogP contribution in [0.4, 0.5) is 0 Å². The third-order valence-corrected chi connectivity index (χ3v) is 4.38. The molecule has 1 aliphatic carbocycles. The summed E-state index contributed by atoms with van der Waals surface area (Å²) in [5, 5.41) is 19.8. The molecule has 1 fully saturated rings. The molecule has 0 aromatic carbocycles. The Hall–Kier alpha value is -0.600. The minimum atomic E-state index is -0.555. The SMILES string of the molecule is C=C(C)[C@H](O)CCC(=C)[C@H]1CC[C@](C)(O)[C@@H]1C. The fourth-order valence-electron chi connectivity index (χ4n) is 2.67. The van der Waals surface area contributed by atoms with Gasteiger partial charge in [0.2, 0.25) is 0 Å². The summed E-state index contributed by atoms with van der Waals surface area (Å²) < 4.78 is 0. The topological polar surface area (TPSA) is 40.5 Å². The van der Waals surface area contributed by atoms with Crippen LogP contribution in [0.5, 0.6) is 0 Å². The van der Waals surface area contributed by atoms with Gasteiger partial charge in [-0.25, -0.2) is 0 Å². The molecule has 2 N–H and O–H groups in total. The molecule has 0 aromatic heterocycles. The van der Waals surface area contributed by atoms with E-state index >= 15 is 0 Å². The summed E-state index contributed by atoms with van der Waals surface area (Å²) in [6.07, 6.45) is 2.94. The van der Waals surface area contributed by atoms with Gasteiger partial charge in [-0.3, -0.25) is 0 Å². The van der Waals surface area contributed by atoms with E-state index in [4.69, 9.17) is 0 Å². The molecule has 2 heteroatoms.